The normalized spacial score (nSPS) is 30.1. The molecule has 3 fully saturated rings. The summed E-state index contributed by atoms with van der Waals surface area (Å²) in [5.41, 5.74) is 0.320. The Labute approximate surface area is 144 Å². The Morgan fingerprint density at radius 1 is 1.38 bits per heavy atom. The highest BCUT2D eigenvalue weighted by Crippen LogP contribution is 2.42. The lowest BCUT2D eigenvalue weighted by Gasteiger charge is -2.26. The summed E-state index contributed by atoms with van der Waals surface area (Å²) in [6.45, 7) is 2.30. The van der Waals surface area contributed by atoms with E-state index in [2.05, 4.69) is 10.7 Å². The topological polar surface area (TPSA) is 69.7 Å². The number of nitrogens with zero attached hydrogens (tertiary/aromatic N) is 2. The van der Waals surface area contributed by atoms with Gasteiger partial charge >= 0.3 is 6.03 Å². The molecular weight excluding hydrogens is 326 g/mol. The van der Waals surface area contributed by atoms with Crippen molar-refractivity contribution in [2.45, 2.75) is 44.2 Å². The highest BCUT2D eigenvalue weighted by molar-refractivity contribution is 7.08. The molecule has 0 aromatic carbocycles. The third-order valence-corrected chi connectivity index (χ3v) is 6.19. The maximum absolute atomic E-state index is 12.7. The van der Waals surface area contributed by atoms with E-state index < -0.39 is 11.6 Å². The van der Waals surface area contributed by atoms with Gasteiger partial charge in [0, 0.05) is 6.54 Å². The van der Waals surface area contributed by atoms with E-state index in [1.807, 2.05) is 16.3 Å². The van der Waals surface area contributed by atoms with Crippen molar-refractivity contribution < 1.29 is 14.4 Å². The Bertz CT molecular complexity index is 685. The molecule has 4 amide bonds. The maximum atomic E-state index is 12.7. The van der Waals surface area contributed by atoms with Gasteiger partial charge in [-0.15, -0.1) is 0 Å². The summed E-state index contributed by atoms with van der Waals surface area (Å²) in [4.78, 5) is 40.5. The second-order valence-corrected chi connectivity index (χ2v) is 7.88. The van der Waals surface area contributed by atoms with Crippen LogP contribution in [0.4, 0.5) is 4.79 Å². The molecule has 1 aliphatic carbocycles. The van der Waals surface area contributed by atoms with Gasteiger partial charge in [0.05, 0.1) is 6.04 Å². The minimum atomic E-state index is -0.824. The summed E-state index contributed by atoms with van der Waals surface area (Å²) in [5.74, 6) is -0.193. The lowest BCUT2D eigenvalue weighted by Crippen LogP contribution is -2.47. The third kappa shape index (κ3) is 2.42. The molecule has 0 bridgehead atoms. The molecule has 3 heterocycles. The molecule has 0 unspecified atom stereocenters. The van der Waals surface area contributed by atoms with Crippen molar-refractivity contribution in [3.05, 3.63) is 22.4 Å². The van der Waals surface area contributed by atoms with Crippen molar-refractivity contribution in [2.24, 2.45) is 5.92 Å². The average Bonchev–Trinajstić information content (AvgIpc) is 3.00. The van der Waals surface area contributed by atoms with Crippen LogP contribution in [-0.2, 0) is 9.59 Å². The van der Waals surface area contributed by atoms with Crippen LogP contribution in [-0.4, -0.2) is 46.3 Å². The number of rotatable bonds is 4. The van der Waals surface area contributed by atoms with E-state index in [1.54, 1.807) is 18.3 Å². The number of hydrogen-bond acceptors (Lipinski definition) is 4. The van der Waals surface area contributed by atoms with E-state index in [1.165, 1.54) is 0 Å². The van der Waals surface area contributed by atoms with Gasteiger partial charge in [0.15, 0.2) is 0 Å². The first-order chi connectivity index (χ1) is 11.5. The zero-order valence-corrected chi connectivity index (χ0v) is 14.5. The van der Waals surface area contributed by atoms with Gasteiger partial charge in [0.25, 0.3) is 5.91 Å². The van der Waals surface area contributed by atoms with E-state index in [9.17, 15) is 14.4 Å². The van der Waals surface area contributed by atoms with Crippen molar-refractivity contribution in [2.75, 3.05) is 13.1 Å². The van der Waals surface area contributed by atoms with Gasteiger partial charge < -0.3 is 10.2 Å². The largest absolute Gasteiger partial charge is 0.334 e. The van der Waals surface area contributed by atoms with Crippen LogP contribution in [0.2, 0.25) is 0 Å². The molecule has 1 saturated carbocycles. The van der Waals surface area contributed by atoms with Crippen molar-refractivity contribution in [1.82, 2.24) is 15.1 Å². The van der Waals surface area contributed by atoms with Crippen LogP contribution >= 0.6 is 11.3 Å². The van der Waals surface area contributed by atoms with Crippen LogP contribution in [0.5, 0.6) is 0 Å². The van der Waals surface area contributed by atoms with Crippen LogP contribution in [0.3, 0.4) is 0 Å². The lowest BCUT2D eigenvalue weighted by molar-refractivity contribution is -0.139. The molecule has 128 valence electrons. The molecule has 4 rings (SSSR count). The lowest BCUT2D eigenvalue weighted by atomic mass is 9.96. The summed E-state index contributed by atoms with van der Waals surface area (Å²) in [6.07, 6.45) is 3.79. The van der Waals surface area contributed by atoms with Crippen molar-refractivity contribution >= 4 is 29.2 Å². The maximum Gasteiger partial charge on any atom is 0.325 e. The molecular formula is C17H21N3O3S. The zero-order valence-electron chi connectivity index (χ0n) is 13.7. The Kier molecular flexibility index (Phi) is 3.63. The van der Waals surface area contributed by atoms with Gasteiger partial charge in [-0.25, -0.2) is 4.79 Å². The Morgan fingerprint density at radius 2 is 2.17 bits per heavy atom. The quantitative estimate of drug-likeness (QED) is 0.848. The SMILES string of the molecule is C[C@@]1(C2CC2)NC(=O)N(CC(=O)N2CCC[C@@H]2c2ccsc2)C1=O. The molecule has 0 spiro atoms. The standard InChI is InChI=1S/C17H21N3O3S/c1-17(12-4-5-12)15(22)20(16(23)18-17)9-14(21)19-7-2-3-13(19)11-6-8-24-10-11/h6,8,10,12-13H,2-5,7,9H2,1H3,(H,18,23)/t13-,17+/m1/s1. The van der Waals surface area contributed by atoms with E-state index >= 15 is 0 Å². The minimum absolute atomic E-state index is 0.0688. The number of hydrogen-bond donors (Lipinski definition) is 1. The average molecular weight is 347 g/mol. The predicted molar refractivity (Wildman–Crippen MR) is 89.4 cm³/mol. The van der Waals surface area contributed by atoms with Crippen LogP contribution in [0, 0.1) is 5.92 Å². The number of nitrogens with one attached hydrogen (secondary N) is 1. The number of carbonyl (C=O) groups is 3. The van der Waals surface area contributed by atoms with Crippen LogP contribution in [0.25, 0.3) is 0 Å². The number of carbonyl (C=O) groups excluding carboxylic acids is 3. The molecule has 3 aliphatic rings. The van der Waals surface area contributed by atoms with E-state index in [4.69, 9.17) is 0 Å². The molecule has 2 atom stereocenters. The molecule has 2 saturated heterocycles. The molecule has 1 N–H and O–H groups in total. The second-order valence-electron chi connectivity index (χ2n) is 7.10. The van der Waals surface area contributed by atoms with Crippen LogP contribution in [0.15, 0.2) is 16.8 Å². The molecule has 2 aliphatic heterocycles. The first-order valence-electron chi connectivity index (χ1n) is 8.46. The highest BCUT2D eigenvalue weighted by Gasteiger charge is 2.56. The summed E-state index contributed by atoms with van der Waals surface area (Å²) in [7, 11) is 0. The summed E-state index contributed by atoms with van der Waals surface area (Å²) >= 11 is 1.62. The van der Waals surface area contributed by atoms with E-state index in [-0.39, 0.29) is 30.3 Å². The van der Waals surface area contributed by atoms with E-state index in [0.717, 1.165) is 36.1 Å². The Morgan fingerprint density at radius 3 is 2.83 bits per heavy atom. The number of amides is 4. The van der Waals surface area contributed by atoms with Gasteiger partial charge in [0.2, 0.25) is 5.91 Å². The fraction of sp³-hybridized carbons (Fsp3) is 0.588. The summed E-state index contributed by atoms with van der Waals surface area (Å²) in [6, 6.07) is 1.67. The van der Waals surface area contributed by atoms with Gasteiger partial charge in [-0.3, -0.25) is 14.5 Å². The number of imide groups is 1. The fourth-order valence-electron chi connectivity index (χ4n) is 3.90. The molecule has 1 aromatic heterocycles. The van der Waals surface area contributed by atoms with Crippen molar-refractivity contribution in [3.63, 3.8) is 0 Å². The van der Waals surface area contributed by atoms with E-state index in [0.29, 0.717) is 6.54 Å². The molecule has 6 nitrogen and oxygen atoms in total. The smallest absolute Gasteiger partial charge is 0.325 e. The molecule has 0 radical (unpaired) electrons. The summed E-state index contributed by atoms with van der Waals surface area (Å²) < 4.78 is 0. The van der Waals surface area contributed by atoms with Gasteiger partial charge in [-0.2, -0.15) is 11.3 Å². The highest BCUT2D eigenvalue weighted by atomic mass is 32.1. The van der Waals surface area contributed by atoms with Crippen LogP contribution < -0.4 is 5.32 Å². The van der Waals surface area contributed by atoms with Crippen molar-refractivity contribution in [1.29, 1.82) is 0 Å². The third-order valence-electron chi connectivity index (χ3n) is 5.49. The zero-order chi connectivity index (χ0) is 16.9. The molecule has 1 aromatic rings. The van der Waals surface area contributed by atoms with Crippen molar-refractivity contribution in [3.8, 4) is 0 Å². The van der Waals surface area contributed by atoms with Gasteiger partial charge in [0.1, 0.15) is 12.1 Å². The second kappa shape index (κ2) is 5.58. The number of likely N-dealkylation sites (tertiary alicyclic amines) is 1. The van der Waals surface area contributed by atoms with Crippen LogP contribution in [0.1, 0.15) is 44.2 Å². The van der Waals surface area contributed by atoms with Gasteiger partial charge in [-0.1, -0.05) is 0 Å². The number of thiophene rings is 1. The minimum Gasteiger partial charge on any atom is -0.334 e. The number of urea groups is 1. The first kappa shape index (κ1) is 15.6. The van der Waals surface area contributed by atoms with Gasteiger partial charge in [-0.05, 0) is 60.9 Å². The fourth-order valence-corrected chi connectivity index (χ4v) is 4.61. The Hall–Kier alpha value is -1.89. The molecule has 24 heavy (non-hydrogen) atoms. The molecule has 7 heteroatoms. The first-order valence-corrected chi connectivity index (χ1v) is 9.40. The Balaban J connectivity index is 1.48. The monoisotopic (exact) mass is 347 g/mol. The predicted octanol–water partition coefficient (Wildman–Crippen LogP) is 2.13. The summed E-state index contributed by atoms with van der Waals surface area (Å²) in [5, 5.41) is 6.87.